The van der Waals surface area contributed by atoms with Crippen LogP contribution in [0.5, 0.6) is 0 Å². The summed E-state index contributed by atoms with van der Waals surface area (Å²) in [5, 5.41) is 17.5. The maximum absolute atomic E-state index is 12.7. The molecule has 11 heteroatoms. The van der Waals surface area contributed by atoms with Crippen molar-refractivity contribution in [3.05, 3.63) is 60.4 Å². The second-order valence-corrected chi connectivity index (χ2v) is 7.72. The number of hydrogen-bond donors (Lipinski definition) is 4. The number of hydrogen-bond acceptors (Lipinski definition) is 5. The molecule has 0 atom stereocenters. The Morgan fingerprint density at radius 3 is 2.64 bits per heavy atom. The van der Waals surface area contributed by atoms with Crippen LogP contribution in [0.1, 0.15) is 10.4 Å². The normalized spacial score (nSPS) is 11.2. The van der Waals surface area contributed by atoms with Gasteiger partial charge >= 0.3 is 5.97 Å². The molecule has 5 N–H and O–H groups in total. The minimum atomic E-state index is -3.98. The first kappa shape index (κ1) is 19.4. The minimum absolute atomic E-state index is 0.0426. The van der Waals surface area contributed by atoms with E-state index in [2.05, 4.69) is 9.71 Å². The van der Waals surface area contributed by atoms with Crippen LogP contribution in [0, 0.1) is 5.41 Å². The zero-order valence-electron chi connectivity index (χ0n) is 14.1. The second kappa shape index (κ2) is 7.33. The zero-order chi connectivity index (χ0) is 20.5. The van der Waals surface area contributed by atoms with Crippen molar-refractivity contribution in [2.24, 2.45) is 5.73 Å². The molecule has 0 unspecified atom stereocenters. The van der Waals surface area contributed by atoms with Crippen LogP contribution < -0.4 is 14.9 Å². The van der Waals surface area contributed by atoms with Crippen LogP contribution in [0.25, 0.3) is 10.8 Å². The highest BCUT2D eigenvalue weighted by molar-refractivity contribution is 7.92. The van der Waals surface area contributed by atoms with E-state index in [9.17, 15) is 13.2 Å². The number of benzene rings is 2. The third-order valence-electron chi connectivity index (χ3n) is 3.80. The molecule has 1 heterocycles. The summed E-state index contributed by atoms with van der Waals surface area (Å²) in [6, 6.07) is 9.74. The summed E-state index contributed by atoms with van der Waals surface area (Å²) in [5.74, 6) is -1.57. The third kappa shape index (κ3) is 3.82. The molecule has 9 nitrogen and oxygen atoms in total. The van der Waals surface area contributed by atoms with E-state index in [-0.39, 0.29) is 16.1 Å². The maximum atomic E-state index is 12.7. The fourth-order valence-electron chi connectivity index (χ4n) is 2.52. The van der Waals surface area contributed by atoms with E-state index >= 15 is 0 Å². The summed E-state index contributed by atoms with van der Waals surface area (Å²) < 4.78 is 28.6. The van der Waals surface area contributed by atoms with Gasteiger partial charge in [0, 0.05) is 34.4 Å². The fourth-order valence-corrected chi connectivity index (χ4v) is 3.74. The van der Waals surface area contributed by atoms with Crippen molar-refractivity contribution in [1.82, 2.24) is 4.98 Å². The average molecular weight is 420 g/mol. The quantitative estimate of drug-likeness (QED) is 0.282. The number of pyridine rings is 1. The third-order valence-corrected chi connectivity index (χ3v) is 5.55. The van der Waals surface area contributed by atoms with Crippen molar-refractivity contribution in [3.63, 3.8) is 0 Å². The summed E-state index contributed by atoms with van der Waals surface area (Å²) in [6.45, 7) is 0. The highest BCUT2D eigenvalue weighted by Gasteiger charge is 2.18. The number of carboxylic acids is 1. The lowest BCUT2D eigenvalue weighted by Gasteiger charge is -2.15. The lowest BCUT2D eigenvalue weighted by molar-refractivity contribution is 0.0697. The number of rotatable bonds is 5. The van der Waals surface area contributed by atoms with E-state index in [0.29, 0.717) is 16.5 Å². The Morgan fingerprint density at radius 2 is 1.96 bits per heavy atom. The predicted molar refractivity (Wildman–Crippen MR) is 106 cm³/mol. The highest BCUT2D eigenvalue weighted by Crippen LogP contribution is 2.29. The van der Waals surface area contributed by atoms with Gasteiger partial charge in [0.1, 0.15) is 0 Å². The molecule has 2 aromatic carbocycles. The molecule has 0 aliphatic rings. The number of halogens is 1. The lowest BCUT2D eigenvalue weighted by atomic mass is 10.1. The van der Waals surface area contributed by atoms with Crippen molar-refractivity contribution in [2.45, 2.75) is 4.90 Å². The van der Waals surface area contributed by atoms with Gasteiger partial charge in [0.25, 0.3) is 10.0 Å². The highest BCUT2D eigenvalue weighted by atomic mass is 35.5. The number of carboxylic acid groups (broad SMARTS) is 1. The van der Waals surface area contributed by atoms with Crippen molar-refractivity contribution in [1.29, 1.82) is 5.41 Å². The molecule has 0 saturated carbocycles. The number of sulfonamides is 1. The summed E-state index contributed by atoms with van der Waals surface area (Å²) in [7, 11) is -3.98. The van der Waals surface area contributed by atoms with E-state index in [1.54, 1.807) is 0 Å². The Labute approximate surface area is 165 Å². The van der Waals surface area contributed by atoms with Gasteiger partial charge in [-0.05, 0) is 30.3 Å². The summed E-state index contributed by atoms with van der Waals surface area (Å²) >= 11 is 5.96. The number of nitrogens with zero attached hydrogens (tertiary/aromatic N) is 2. The molecule has 0 amide bonds. The van der Waals surface area contributed by atoms with Crippen molar-refractivity contribution in [3.8, 4) is 0 Å². The number of nitrogens with two attached hydrogens (primary N) is 1. The Kier molecular flexibility index (Phi) is 5.08. The van der Waals surface area contributed by atoms with Gasteiger partial charge in [0.2, 0.25) is 5.96 Å². The summed E-state index contributed by atoms with van der Waals surface area (Å²) in [4.78, 5) is 15.0. The van der Waals surface area contributed by atoms with Crippen LogP contribution in [0.2, 0.25) is 0 Å². The number of nitrogens with one attached hydrogen (secondary N) is 2. The molecule has 0 bridgehead atoms. The van der Waals surface area contributed by atoms with Gasteiger partial charge < -0.3 is 10.8 Å². The maximum Gasteiger partial charge on any atom is 0.335 e. The van der Waals surface area contributed by atoms with E-state index in [4.69, 9.17) is 28.0 Å². The molecule has 3 rings (SSSR count). The first-order valence-electron chi connectivity index (χ1n) is 7.73. The van der Waals surface area contributed by atoms with Crippen LogP contribution >= 0.6 is 11.8 Å². The molecule has 144 valence electrons. The largest absolute Gasteiger partial charge is 0.478 e. The van der Waals surface area contributed by atoms with Gasteiger partial charge in [-0.1, -0.05) is 12.1 Å². The Bertz CT molecular complexity index is 1200. The van der Waals surface area contributed by atoms with Crippen LogP contribution in [0.4, 0.5) is 11.4 Å². The number of aromatic nitrogens is 1. The van der Waals surface area contributed by atoms with Gasteiger partial charge in [-0.15, -0.1) is 0 Å². The number of carbonyl (C=O) groups is 1. The average Bonchev–Trinajstić information content (AvgIpc) is 2.66. The SMILES string of the molecule is N=C(N)N(Cl)c1cncc2cc(S(=O)(=O)Nc3cccc(C(=O)O)c3)ccc12. The molecule has 1 aromatic heterocycles. The number of guanidine groups is 1. The molecule has 0 saturated heterocycles. The summed E-state index contributed by atoms with van der Waals surface area (Å²) in [6.07, 6.45) is 2.86. The monoisotopic (exact) mass is 419 g/mol. The molecule has 0 radical (unpaired) electrons. The number of fused-ring (bicyclic) bond motifs is 1. The van der Waals surface area contributed by atoms with Crippen LogP contribution in [0.15, 0.2) is 59.8 Å². The number of aromatic carboxylic acids is 1. The first-order valence-corrected chi connectivity index (χ1v) is 9.55. The first-order chi connectivity index (χ1) is 13.2. The van der Waals surface area contributed by atoms with Crippen molar-refractivity contribution >= 4 is 55.9 Å². The van der Waals surface area contributed by atoms with Gasteiger partial charge in [-0.2, -0.15) is 0 Å². The predicted octanol–water partition coefficient (Wildman–Crippen LogP) is 2.59. The number of anilines is 2. The van der Waals surface area contributed by atoms with Gasteiger partial charge in [0.15, 0.2) is 0 Å². The molecule has 0 aliphatic heterocycles. The van der Waals surface area contributed by atoms with Crippen LogP contribution in [0.3, 0.4) is 0 Å². The summed E-state index contributed by atoms with van der Waals surface area (Å²) in [5.41, 5.74) is 5.79. The Morgan fingerprint density at radius 1 is 1.21 bits per heavy atom. The van der Waals surface area contributed by atoms with Crippen LogP contribution in [-0.4, -0.2) is 30.4 Å². The molecule has 0 spiro atoms. The van der Waals surface area contributed by atoms with E-state index in [1.165, 1.54) is 54.9 Å². The van der Waals surface area contributed by atoms with Crippen molar-refractivity contribution < 1.29 is 18.3 Å². The Hall–Kier alpha value is -3.37. The van der Waals surface area contributed by atoms with E-state index < -0.39 is 22.0 Å². The standard InChI is InChI=1S/C17H14ClN5O4S/c18-23(17(19)20)15-9-21-8-11-7-13(4-5-14(11)15)28(26,27)22-12-3-1-2-10(6-12)16(24)25/h1-9,22H,(H3,19,20)(H,24,25). The Balaban J connectivity index is 2.00. The smallest absolute Gasteiger partial charge is 0.335 e. The molecular weight excluding hydrogens is 406 g/mol. The lowest BCUT2D eigenvalue weighted by Crippen LogP contribution is -2.28. The zero-order valence-corrected chi connectivity index (χ0v) is 15.7. The fraction of sp³-hybridized carbons (Fsp3) is 0. The molecule has 28 heavy (non-hydrogen) atoms. The van der Waals surface area contributed by atoms with Crippen molar-refractivity contribution in [2.75, 3.05) is 9.14 Å². The van der Waals surface area contributed by atoms with Gasteiger partial charge in [-0.25, -0.2) is 17.6 Å². The molecule has 0 fully saturated rings. The van der Waals surface area contributed by atoms with E-state index in [1.807, 2.05) is 0 Å². The minimum Gasteiger partial charge on any atom is -0.478 e. The molecular formula is C17H14ClN5O4S. The van der Waals surface area contributed by atoms with Gasteiger partial charge in [0.05, 0.1) is 22.3 Å². The molecule has 0 aliphatic carbocycles. The van der Waals surface area contributed by atoms with Gasteiger partial charge in [-0.3, -0.25) is 15.1 Å². The van der Waals surface area contributed by atoms with E-state index in [0.717, 1.165) is 4.42 Å². The van der Waals surface area contributed by atoms with Crippen LogP contribution in [-0.2, 0) is 10.0 Å². The second-order valence-electron chi connectivity index (χ2n) is 5.70. The molecule has 3 aromatic rings. The topological polar surface area (TPSA) is 149 Å².